The molecule has 3 rings (SSSR count). The molecule has 2 aromatic carbocycles. The lowest BCUT2D eigenvalue weighted by molar-refractivity contribution is -0.140. The van der Waals surface area contributed by atoms with Gasteiger partial charge in [0.1, 0.15) is 11.5 Å². The molecular formula is C22H23NO7. The lowest BCUT2D eigenvalue weighted by atomic mass is 9.95. The van der Waals surface area contributed by atoms with Crippen molar-refractivity contribution in [3.05, 3.63) is 59.2 Å². The van der Waals surface area contributed by atoms with Gasteiger partial charge in [0.2, 0.25) is 0 Å². The van der Waals surface area contributed by atoms with E-state index in [9.17, 15) is 19.8 Å². The fourth-order valence-corrected chi connectivity index (χ4v) is 3.44. The molecule has 2 aromatic rings. The second-order valence-electron chi connectivity index (χ2n) is 6.65. The first kappa shape index (κ1) is 21.2. The lowest BCUT2D eigenvalue weighted by Gasteiger charge is -2.25. The number of aromatic hydroxyl groups is 1. The number of phenols is 1. The molecule has 30 heavy (non-hydrogen) atoms. The van der Waals surface area contributed by atoms with E-state index in [-0.39, 0.29) is 36.0 Å². The highest BCUT2D eigenvalue weighted by Crippen LogP contribution is 2.41. The fraction of sp³-hybridized carbons (Fsp3) is 0.273. The molecule has 0 saturated carbocycles. The van der Waals surface area contributed by atoms with Crippen LogP contribution in [0.1, 0.15) is 17.2 Å². The Balaban J connectivity index is 2.19. The Morgan fingerprint density at radius 2 is 1.83 bits per heavy atom. The third kappa shape index (κ3) is 3.81. The van der Waals surface area contributed by atoms with E-state index in [1.165, 1.54) is 38.4 Å². The minimum absolute atomic E-state index is 0.0582. The van der Waals surface area contributed by atoms with Gasteiger partial charge in [0.15, 0.2) is 11.5 Å². The van der Waals surface area contributed by atoms with Gasteiger partial charge in [0.25, 0.3) is 11.7 Å². The maximum Gasteiger partial charge on any atom is 0.295 e. The smallest absolute Gasteiger partial charge is 0.295 e. The number of rotatable bonds is 7. The monoisotopic (exact) mass is 413 g/mol. The number of ketones is 1. The number of methoxy groups -OCH3 is 3. The summed E-state index contributed by atoms with van der Waals surface area (Å²) in [4.78, 5) is 27.0. The number of aliphatic hydroxyl groups excluding tert-OH is 1. The van der Waals surface area contributed by atoms with Gasteiger partial charge in [0, 0.05) is 19.2 Å². The molecule has 1 unspecified atom stereocenters. The van der Waals surface area contributed by atoms with E-state index in [1.54, 1.807) is 30.3 Å². The van der Waals surface area contributed by atoms with Gasteiger partial charge in [-0.2, -0.15) is 0 Å². The van der Waals surface area contributed by atoms with Crippen molar-refractivity contribution in [1.29, 1.82) is 0 Å². The Kier molecular flexibility index (Phi) is 6.27. The van der Waals surface area contributed by atoms with Gasteiger partial charge in [-0.25, -0.2) is 0 Å². The molecule has 0 aliphatic carbocycles. The Morgan fingerprint density at radius 3 is 2.50 bits per heavy atom. The summed E-state index contributed by atoms with van der Waals surface area (Å²) in [5.41, 5.74) is 0.788. The summed E-state index contributed by atoms with van der Waals surface area (Å²) in [6.07, 6.45) is 0. The summed E-state index contributed by atoms with van der Waals surface area (Å²) in [6, 6.07) is 10.2. The summed E-state index contributed by atoms with van der Waals surface area (Å²) in [5.74, 6) is -1.26. The normalized spacial score (nSPS) is 18.0. The molecule has 2 N–H and O–H groups in total. The topological polar surface area (TPSA) is 106 Å². The number of ether oxygens (including phenoxy) is 3. The molecule has 1 atom stereocenters. The molecule has 0 spiro atoms. The summed E-state index contributed by atoms with van der Waals surface area (Å²) in [5, 5.41) is 20.9. The van der Waals surface area contributed by atoms with Crippen molar-refractivity contribution in [2.24, 2.45) is 0 Å². The minimum atomic E-state index is -0.874. The van der Waals surface area contributed by atoms with Gasteiger partial charge in [-0.05, 0) is 29.8 Å². The number of nitrogens with zero attached hydrogens (tertiary/aromatic N) is 1. The Bertz CT molecular complexity index is 999. The summed E-state index contributed by atoms with van der Waals surface area (Å²) >= 11 is 0. The van der Waals surface area contributed by atoms with Crippen molar-refractivity contribution in [1.82, 2.24) is 4.90 Å². The first-order valence-corrected chi connectivity index (χ1v) is 9.21. The molecule has 0 aromatic heterocycles. The SMILES string of the molecule is COCCN1C(=O)C(=O)C(=C(O)c2cccc(OC)c2)C1c1ccc(O)c(OC)c1. The molecular weight excluding hydrogens is 390 g/mol. The standard InChI is InChI=1S/C22H23NO7/c1-28-10-9-23-19(13-7-8-16(24)17(12-13)30-3)18(21(26)22(23)27)20(25)14-5-4-6-15(11-14)29-2/h4-8,11-12,19,24-25H,9-10H2,1-3H3. The Hall–Kier alpha value is -3.52. The van der Waals surface area contributed by atoms with Crippen LogP contribution in [0.2, 0.25) is 0 Å². The van der Waals surface area contributed by atoms with E-state index in [0.717, 1.165) is 0 Å². The van der Waals surface area contributed by atoms with Crippen LogP contribution in [0.25, 0.3) is 5.76 Å². The predicted molar refractivity (Wildman–Crippen MR) is 109 cm³/mol. The largest absolute Gasteiger partial charge is 0.507 e. The van der Waals surface area contributed by atoms with Crippen molar-refractivity contribution in [2.45, 2.75) is 6.04 Å². The maximum absolute atomic E-state index is 12.9. The molecule has 158 valence electrons. The average molecular weight is 413 g/mol. The highest BCUT2D eigenvalue weighted by molar-refractivity contribution is 6.46. The minimum Gasteiger partial charge on any atom is -0.507 e. The van der Waals surface area contributed by atoms with Gasteiger partial charge in [-0.1, -0.05) is 18.2 Å². The number of phenolic OH excluding ortho intramolecular Hbond substituents is 1. The number of hydrogen-bond donors (Lipinski definition) is 2. The maximum atomic E-state index is 12.9. The van der Waals surface area contributed by atoms with Crippen LogP contribution >= 0.6 is 0 Å². The van der Waals surface area contributed by atoms with Crippen LogP contribution in [-0.4, -0.2) is 61.3 Å². The van der Waals surface area contributed by atoms with Crippen LogP contribution < -0.4 is 9.47 Å². The van der Waals surface area contributed by atoms with Gasteiger partial charge >= 0.3 is 0 Å². The van der Waals surface area contributed by atoms with Crippen molar-refractivity contribution in [3.63, 3.8) is 0 Å². The number of Topliss-reactive ketones (excluding diaryl/α,β-unsaturated/α-hetero) is 1. The quantitative estimate of drug-likeness (QED) is 0.408. The lowest BCUT2D eigenvalue weighted by Crippen LogP contribution is -2.32. The zero-order valence-electron chi connectivity index (χ0n) is 16.9. The molecule has 0 bridgehead atoms. The summed E-state index contributed by atoms with van der Waals surface area (Å²) in [7, 11) is 4.38. The highest BCUT2D eigenvalue weighted by atomic mass is 16.5. The first-order chi connectivity index (χ1) is 14.4. The Morgan fingerprint density at radius 1 is 1.07 bits per heavy atom. The van der Waals surface area contributed by atoms with E-state index in [1.807, 2.05) is 0 Å². The van der Waals surface area contributed by atoms with Crippen LogP contribution in [-0.2, 0) is 14.3 Å². The number of amides is 1. The van der Waals surface area contributed by atoms with Crippen molar-refractivity contribution < 1.29 is 34.0 Å². The molecule has 8 nitrogen and oxygen atoms in total. The predicted octanol–water partition coefficient (Wildman–Crippen LogP) is 2.48. The Labute approximate surface area is 173 Å². The molecule has 0 radical (unpaired) electrons. The fourth-order valence-electron chi connectivity index (χ4n) is 3.44. The van der Waals surface area contributed by atoms with E-state index in [4.69, 9.17) is 14.2 Å². The van der Waals surface area contributed by atoms with Crippen molar-refractivity contribution >= 4 is 17.4 Å². The zero-order valence-corrected chi connectivity index (χ0v) is 16.9. The number of likely N-dealkylation sites (tertiary alicyclic amines) is 1. The van der Waals surface area contributed by atoms with Crippen LogP contribution in [0.4, 0.5) is 0 Å². The van der Waals surface area contributed by atoms with Crippen LogP contribution in [0.5, 0.6) is 17.2 Å². The third-order valence-electron chi connectivity index (χ3n) is 4.94. The number of benzene rings is 2. The second kappa shape index (κ2) is 8.87. The van der Waals surface area contributed by atoms with Gasteiger partial charge < -0.3 is 29.3 Å². The molecule has 1 amide bonds. The van der Waals surface area contributed by atoms with E-state index in [2.05, 4.69) is 0 Å². The second-order valence-corrected chi connectivity index (χ2v) is 6.65. The van der Waals surface area contributed by atoms with E-state index >= 15 is 0 Å². The van der Waals surface area contributed by atoms with Crippen LogP contribution in [0, 0.1) is 0 Å². The summed E-state index contributed by atoms with van der Waals surface area (Å²) < 4.78 is 15.4. The summed E-state index contributed by atoms with van der Waals surface area (Å²) in [6.45, 7) is 0.349. The van der Waals surface area contributed by atoms with Gasteiger partial charge in [-0.15, -0.1) is 0 Å². The van der Waals surface area contributed by atoms with Crippen molar-refractivity contribution in [2.75, 3.05) is 34.5 Å². The molecule has 8 heteroatoms. The highest BCUT2D eigenvalue weighted by Gasteiger charge is 2.46. The van der Waals surface area contributed by atoms with E-state index < -0.39 is 17.7 Å². The molecule has 1 heterocycles. The first-order valence-electron chi connectivity index (χ1n) is 9.21. The van der Waals surface area contributed by atoms with Crippen molar-refractivity contribution in [3.8, 4) is 17.2 Å². The van der Waals surface area contributed by atoms with E-state index in [0.29, 0.717) is 16.9 Å². The van der Waals surface area contributed by atoms with Gasteiger partial charge in [-0.3, -0.25) is 9.59 Å². The number of carbonyl (C=O) groups excluding carboxylic acids is 2. The molecule has 1 fully saturated rings. The third-order valence-corrected chi connectivity index (χ3v) is 4.94. The number of carbonyl (C=O) groups is 2. The molecule has 1 aliphatic rings. The number of aliphatic hydroxyl groups is 1. The van der Waals surface area contributed by atoms with Gasteiger partial charge in [0.05, 0.1) is 32.4 Å². The molecule has 1 saturated heterocycles. The number of hydrogen-bond acceptors (Lipinski definition) is 7. The molecule has 1 aliphatic heterocycles. The average Bonchev–Trinajstić information content (AvgIpc) is 3.02. The zero-order chi connectivity index (χ0) is 21.8. The van der Waals surface area contributed by atoms with Crippen LogP contribution in [0.15, 0.2) is 48.0 Å². The van der Waals surface area contributed by atoms with Crippen LogP contribution in [0.3, 0.4) is 0 Å².